The second kappa shape index (κ2) is 4.74. The molecule has 1 aliphatic rings. The minimum Gasteiger partial charge on any atom is -0.492 e. The molecule has 2 aromatic rings. The van der Waals surface area contributed by atoms with Crippen LogP contribution in [-0.4, -0.2) is 13.0 Å². The quantitative estimate of drug-likeness (QED) is 0.821. The van der Waals surface area contributed by atoms with Gasteiger partial charge in [0.05, 0.1) is 6.61 Å². The normalized spacial score (nSPS) is 13.8. The summed E-state index contributed by atoms with van der Waals surface area (Å²) in [6.45, 7) is 0.640. The Morgan fingerprint density at radius 3 is 2.45 bits per heavy atom. The third-order valence-corrected chi connectivity index (χ3v) is 3.11. The lowest BCUT2D eigenvalue weighted by Gasteiger charge is -2.11. The molecular weight excluding hydrogens is 269 g/mol. The Morgan fingerprint density at radius 1 is 1.00 bits per heavy atom. The largest absolute Gasteiger partial charge is 0.573 e. The Hall–Kier alpha value is -2.17. The number of ether oxygens (including phenoxy) is 2. The maximum atomic E-state index is 12.1. The van der Waals surface area contributed by atoms with E-state index in [-0.39, 0.29) is 5.75 Å². The van der Waals surface area contributed by atoms with Crippen molar-refractivity contribution in [3.8, 4) is 22.6 Å². The first kappa shape index (κ1) is 12.8. The van der Waals surface area contributed by atoms with Gasteiger partial charge in [-0.3, -0.25) is 0 Å². The number of benzene rings is 2. The Kier molecular flexibility index (Phi) is 3.04. The molecule has 0 saturated carbocycles. The third-order valence-electron chi connectivity index (χ3n) is 3.11. The van der Waals surface area contributed by atoms with Crippen LogP contribution >= 0.6 is 0 Å². The van der Waals surface area contributed by atoms with E-state index in [1.807, 2.05) is 18.2 Å². The molecule has 1 aliphatic heterocycles. The zero-order chi connectivity index (χ0) is 14.2. The summed E-state index contributed by atoms with van der Waals surface area (Å²) in [6, 6.07) is 11.6. The number of hydrogen-bond donors (Lipinski definition) is 0. The molecule has 0 saturated heterocycles. The lowest BCUT2D eigenvalue weighted by atomic mass is 10.0. The summed E-state index contributed by atoms with van der Waals surface area (Å²) >= 11 is 0. The fourth-order valence-electron chi connectivity index (χ4n) is 2.28. The predicted molar refractivity (Wildman–Crippen MR) is 67.8 cm³/mol. The molecule has 0 fully saturated rings. The first-order valence-electron chi connectivity index (χ1n) is 6.14. The molecule has 1 heterocycles. The summed E-state index contributed by atoms with van der Waals surface area (Å²) in [6.07, 6.45) is -3.81. The van der Waals surface area contributed by atoms with E-state index in [1.54, 1.807) is 12.1 Å². The number of alkyl halides is 3. The molecule has 0 aliphatic carbocycles. The number of fused-ring (bicyclic) bond motifs is 1. The van der Waals surface area contributed by atoms with Gasteiger partial charge in [-0.25, -0.2) is 0 Å². The second-order valence-electron chi connectivity index (χ2n) is 4.46. The van der Waals surface area contributed by atoms with E-state index < -0.39 is 6.36 Å². The minimum absolute atomic E-state index is 0.227. The lowest BCUT2D eigenvalue weighted by Crippen LogP contribution is -2.16. The van der Waals surface area contributed by atoms with E-state index >= 15 is 0 Å². The van der Waals surface area contributed by atoms with Gasteiger partial charge in [0.2, 0.25) is 0 Å². The molecule has 0 bridgehead atoms. The standard InChI is InChI=1S/C15H11F3O2/c16-15(17,18)20-12-6-4-10(5-7-12)13-3-1-2-11-8-9-19-14(11)13/h1-7H,8-9H2. The van der Waals surface area contributed by atoms with Crippen LogP contribution in [0.2, 0.25) is 0 Å². The second-order valence-corrected chi connectivity index (χ2v) is 4.46. The van der Waals surface area contributed by atoms with Gasteiger partial charge in [-0.05, 0) is 23.3 Å². The van der Waals surface area contributed by atoms with Gasteiger partial charge in [-0.15, -0.1) is 13.2 Å². The van der Waals surface area contributed by atoms with E-state index in [1.165, 1.54) is 12.1 Å². The van der Waals surface area contributed by atoms with Crippen LogP contribution < -0.4 is 9.47 Å². The van der Waals surface area contributed by atoms with Gasteiger partial charge in [-0.1, -0.05) is 30.3 Å². The van der Waals surface area contributed by atoms with E-state index in [4.69, 9.17) is 4.74 Å². The van der Waals surface area contributed by atoms with Crippen molar-refractivity contribution in [3.63, 3.8) is 0 Å². The van der Waals surface area contributed by atoms with Crippen LogP contribution in [-0.2, 0) is 6.42 Å². The van der Waals surface area contributed by atoms with Gasteiger partial charge in [0, 0.05) is 12.0 Å². The molecule has 3 rings (SSSR count). The van der Waals surface area contributed by atoms with E-state index in [0.29, 0.717) is 6.61 Å². The molecule has 0 amide bonds. The summed E-state index contributed by atoms with van der Waals surface area (Å²) in [7, 11) is 0. The minimum atomic E-state index is -4.67. The summed E-state index contributed by atoms with van der Waals surface area (Å²) < 4.78 is 45.7. The van der Waals surface area contributed by atoms with Gasteiger partial charge >= 0.3 is 6.36 Å². The molecule has 0 unspecified atom stereocenters. The van der Waals surface area contributed by atoms with Crippen molar-refractivity contribution in [1.29, 1.82) is 0 Å². The molecule has 0 N–H and O–H groups in total. The van der Waals surface area contributed by atoms with Gasteiger partial charge in [0.15, 0.2) is 0 Å². The molecule has 2 aromatic carbocycles. The van der Waals surface area contributed by atoms with Crippen LogP contribution in [0.3, 0.4) is 0 Å². The molecule has 0 aromatic heterocycles. The van der Waals surface area contributed by atoms with Crippen molar-refractivity contribution in [1.82, 2.24) is 0 Å². The zero-order valence-corrected chi connectivity index (χ0v) is 10.4. The van der Waals surface area contributed by atoms with Crippen LogP contribution in [0.1, 0.15) is 5.56 Å². The topological polar surface area (TPSA) is 18.5 Å². The smallest absolute Gasteiger partial charge is 0.492 e. The van der Waals surface area contributed by atoms with Gasteiger partial charge < -0.3 is 9.47 Å². The van der Waals surface area contributed by atoms with Crippen molar-refractivity contribution < 1.29 is 22.6 Å². The molecule has 20 heavy (non-hydrogen) atoms. The first-order chi connectivity index (χ1) is 9.53. The average molecular weight is 280 g/mol. The fraction of sp³-hybridized carbons (Fsp3) is 0.200. The van der Waals surface area contributed by atoms with Crippen molar-refractivity contribution in [2.24, 2.45) is 0 Å². The molecule has 5 heteroatoms. The highest BCUT2D eigenvalue weighted by Gasteiger charge is 2.31. The number of hydrogen-bond acceptors (Lipinski definition) is 2. The van der Waals surface area contributed by atoms with Crippen molar-refractivity contribution in [2.45, 2.75) is 12.8 Å². The van der Waals surface area contributed by atoms with Crippen LogP contribution in [0, 0.1) is 0 Å². The fourth-order valence-corrected chi connectivity index (χ4v) is 2.28. The summed E-state index contributed by atoms with van der Waals surface area (Å²) in [4.78, 5) is 0. The monoisotopic (exact) mass is 280 g/mol. The van der Waals surface area contributed by atoms with Gasteiger partial charge in [0.1, 0.15) is 11.5 Å². The maximum Gasteiger partial charge on any atom is 0.573 e. The highest BCUT2D eigenvalue weighted by atomic mass is 19.4. The van der Waals surface area contributed by atoms with E-state index in [9.17, 15) is 13.2 Å². The Labute approximate surface area is 113 Å². The maximum absolute atomic E-state index is 12.1. The number of para-hydroxylation sites is 1. The van der Waals surface area contributed by atoms with Crippen LogP contribution in [0.15, 0.2) is 42.5 Å². The number of rotatable bonds is 2. The van der Waals surface area contributed by atoms with Crippen LogP contribution in [0.4, 0.5) is 13.2 Å². The highest BCUT2D eigenvalue weighted by Crippen LogP contribution is 2.37. The van der Waals surface area contributed by atoms with Crippen LogP contribution in [0.5, 0.6) is 11.5 Å². The van der Waals surface area contributed by atoms with E-state index in [2.05, 4.69) is 4.74 Å². The Bertz CT molecular complexity index is 618. The van der Waals surface area contributed by atoms with Crippen molar-refractivity contribution in [3.05, 3.63) is 48.0 Å². The molecule has 2 nitrogen and oxygen atoms in total. The highest BCUT2D eigenvalue weighted by molar-refractivity contribution is 5.73. The zero-order valence-electron chi connectivity index (χ0n) is 10.4. The molecule has 104 valence electrons. The van der Waals surface area contributed by atoms with Crippen molar-refractivity contribution >= 4 is 0 Å². The molecule has 0 atom stereocenters. The predicted octanol–water partition coefficient (Wildman–Crippen LogP) is 4.19. The van der Waals surface area contributed by atoms with Crippen molar-refractivity contribution in [2.75, 3.05) is 6.61 Å². The number of halogens is 3. The average Bonchev–Trinajstić information content (AvgIpc) is 2.86. The molecule has 0 radical (unpaired) electrons. The molecule has 0 spiro atoms. The summed E-state index contributed by atoms with van der Waals surface area (Å²) in [5, 5.41) is 0. The SMILES string of the molecule is FC(F)(F)Oc1ccc(-c2cccc3c2OCC3)cc1. The molecular formula is C15H11F3O2. The summed E-state index contributed by atoms with van der Waals surface area (Å²) in [5.74, 6) is 0.590. The van der Waals surface area contributed by atoms with Gasteiger partial charge in [0.25, 0.3) is 0 Å². The first-order valence-corrected chi connectivity index (χ1v) is 6.14. The third kappa shape index (κ3) is 2.57. The van der Waals surface area contributed by atoms with Crippen LogP contribution in [0.25, 0.3) is 11.1 Å². The summed E-state index contributed by atoms with van der Waals surface area (Å²) in [5.41, 5.74) is 2.81. The lowest BCUT2D eigenvalue weighted by molar-refractivity contribution is -0.274. The van der Waals surface area contributed by atoms with Gasteiger partial charge in [-0.2, -0.15) is 0 Å². The Morgan fingerprint density at radius 2 is 1.75 bits per heavy atom. The Balaban J connectivity index is 1.91. The van der Waals surface area contributed by atoms with E-state index in [0.717, 1.165) is 28.9 Å².